The van der Waals surface area contributed by atoms with Crippen molar-refractivity contribution in [1.29, 1.82) is 0 Å². The SMILES string of the molecule is CC(=O)OC1=C[C@H]2[C@@H](CC1)[C@H]1C=C[C@]2(OC(C)=O)CC1. The molecule has 1 fully saturated rings. The third-order valence-electron chi connectivity index (χ3n) is 4.77. The Morgan fingerprint density at radius 3 is 2.65 bits per heavy atom. The summed E-state index contributed by atoms with van der Waals surface area (Å²) in [6.45, 7) is 2.87. The molecule has 4 nitrogen and oxygen atoms in total. The Hall–Kier alpha value is -1.58. The molecule has 0 radical (unpaired) electrons. The maximum absolute atomic E-state index is 11.5. The van der Waals surface area contributed by atoms with Gasteiger partial charge in [-0.1, -0.05) is 6.08 Å². The monoisotopic (exact) mass is 276 g/mol. The average molecular weight is 276 g/mol. The molecular weight excluding hydrogens is 256 g/mol. The Morgan fingerprint density at radius 2 is 2.05 bits per heavy atom. The summed E-state index contributed by atoms with van der Waals surface area (Å²) in [4.78, 5) is 22.6. The first-order valence-electron chi connectivity index (χ1n) is 7.28. The number of carbonyl (C=O) groups excluding carboxylic acids is 2. The highest BCUT2D eigenvalue weighted by molar-refractivity contribution is 5.68. The van der Waals surface area contributed by atoms with Crippen LogP contribution in [0.4, 0.5) is 0 Å². The molecular formula is C16H20O4. The van der Waals surface area contributed by atoms with E-state index in [4.69, 9.17) is 9.47 Å². The van der Waals surface area contributed by atoms with Crippen LogP contribution in [-0.4, -0.2) is 17.5 Å². The normalized spacial score (nSPS) is 37.9. The Balaban J connectivity index is 1.93. The molecule has 0 amide bonds. The first-order chi connectivity index (χ1) is 9.50. The van der Waals surface area contributed by atoms with Gasteiger partial charge in [0, 0.05) is 26.2 Å². The molecule has 0 spiro atoms. The topological polar surface area (TPSA) is 52.6 Å². The van der Waals surface area contributed by atoms with Crippen LogP contribution in [0.5, 0.6) is 0 Å². The van der Waals surface area contributed by atoms with Gasteiger partial charge in [-0.25, -0.2) is 0 Å². The number of carbonyl (C=O) groups is 2. The predicted molar refractivity (Wildman–Crippen MR) is 72.4 cm³/mol. The van der Waals surface area contributed by atoms with E-state index in [0.717, 1.165) is 31.4 Å². The Bertz CT molecular complexity index is 505. The van der Waals surface area contributed by atoms with E-state index in [1.165, 1.54) is 13.8 Å². The van der Waals surface area contributed by atoms with E-state index < -0.39 is 5.60 Å². The number of hydrogen-bond acceptors (Lipinski definition) is 4. The Labute approximate surface area is 118 Å². The Morgan fingerprint density at radius 1 is 1.25 bits per heavy atom. The second-order valence-electron chi connectivity index (χ2n) is 6.07. The van der Waals surface area contributed by atoms with Gasteiger partial charge in [-0.15, -0.1) is 0 Å². The van der Waals surface area contributed by atoms with Crippen LogP contribution >= 0.6 is 0 Å². The van der Waals surface area contributed by atoms with E-state index >= 15 is 0 Å². The largest absolute Gasteiger partial charge is 0.454 e. The fourth-order valence-electron chi connectivity index (χ4n) is 4.06. The molecule has 4 aliphatic rings. The fourth-order valence-corrected chi connectivity index (χ4v) is 4.06. The van der Waals surface area contributed by atoms with Gasteiger partial charge in [-0.3, -0.25) is 9.59 Å². The molecule has 0 aromatic carbocycles. The molecule has 0 aliphatic heterocycles. The summed E-state index contributed by atoms with van der Waals surface area (Å²) in [6, 6.07) is 0. The highest BCUT2D eigenvalue weighted by Crippen LogP contribution is 2.53. The summed E-state index contributed by atoms with van der Waals surface area (Å²) in [5.41, 5.74) is -0.531. The quantitative estimate of drug-likeness (QED) is 0.575. The van der Waals surface area contributed by atoms with E-state index in [-0.39, 0.29) is 17.9 Å². The fraction of sp³-hybridized carbons (Fsp3) is 0.625. The number of esters is 2. The third kappa shape index (κ3) is 2.17. The van der Waals surface area contributed by atoms with Gasteiger partial charge in [-0.05, 0) is 43.3 Å². The van der Waals surface area contributed by atoms with Crippen molar-refractivity contribution in [3.8, 4) is 0 Å². The van der Waals surface area contributed by atoms with E-state index in [1.807, 2.05) is 6.08 Å². The zero-order valence-electron chi connectivity index (χ0n) is 11.9. The minimum absolute atomic E-state index is 0.137. The maximum atomic E-state index is 11.5. The smallest absolute Gasteiger partial charge is 0.307 e. The van der Waals surface area contributed by atoms with Crippen molar-refractivity contribution in [3.63, 3.8) is 0 Å². The van der Waals surface area contributed by atoms with Crippen LogP contribution in [0, 0.1) is 17.8 Å². The molecule has 0 aromatic rings. The molecule has 4 rings (SSSR count). The van der Waals surface area contributed by atoms with Crippen molar-refractivity contribution in [3.05, 3.63) is 24.0 Å². The number of fused-ring (bicyclic) bond motifs is 1. The lowest BCUT2D eigenvalue weighted by molar-refractivity contribution is -0.165. The second kappa shape index (κ2) is 4.76. The molecule has 2 bridgehead atoms. The van der Waals surface area contributed by atoms with Crippen molar-refractivity contribution in [2.45, 2.75) is 45.1 Å². The lowest BCUT2D eigenvalue weighted by Crippen LogP contribution is -2.52. The van der Waals surface area contributed by atoms with Crippen molar-refractivity contribution in [2.24, 2.45) is 17.8 Å². The second-order valence-corrected chi connectivity index (χ2v) is 6.07. The molecule has 0 N–H and O–H groups in total. The average Bonchev–Trinajstić information content (AvgIpc) is 2.38. The van der Waals surface area contributed by atoms with Crippen LogP contribution in [0.1, 0.15) is 39.5 Å². The van der Waals surface area contributed by atoms with Gasteiger partial charge in [-0.2, -0.15) is 0 Å². The first kappa shape index (κ1) is 13.4. The standard InChI is InChI=1S/C16H20O4/c1-10(17)19-13-3-4-14-12-5-7-16(8-6-12,15(14)9-13)20-11(2)18/h5,7,9,12,14-15H,3-4,6,8H2,1-2H3/t12-,14-,15-,16-/m0/s1. The number of hydrogen-bond donors (Lipinski definition) is 0. The molecule has 0 saturated heterocycles. The van der Waals surface area contributed by atoms with Crippen LogP contribution in [0.3, 0.4) is 0 Å². The highest BCUT2D eigenvalue weighted by Gasteiger charge is 2.53. The predicted octanol–water partition coefficient (Wildman–Crippen LogP) is 2.74. The number of rotatable bonds is 2. The van der Waals surface area contributed by atoms with E-state index in [1.54, 1.807) is 0 Å². The number of allylic oxidation sites excluding steroid dienone is 2. The molecule has 20 heavy (non-hydrogen) atoms. The van der Waals surface area contributed by atoms with Crippen molar-refractivity contribution >= 4 is 11.9 Å². The lowest BCUT2D eigenvalue weighted by Gasteiger charge is -2.52. The molecule has 0 unspecified atom stereocenters. The van der Waals surface area contributed by atoms with Gasteiger partial charge in [0.1, 0.15) is 11.4 Å². The summed E-state index contributed by atoms with van der Waals surface area (Å²) < 4.78 is 10.9. The number of ether oxygens (including phenoxy) is 2. The minimum Gasteiger partial charge on any atom is -0.454 e. The first-order valence-corrected chi connectivity index (χ1v) is 7.28. The molecule has 1 saturated carbocycles. The maximum Gasteiger partial charge on any atom is 0.307 e. The van der Waals surface area contributed by atoms with E-state index in [0.29, 0.717) is 11.8 Å². The summed E-state index contributed by atoms with van der Waals surface area (Å²) >= 11 is 0. The van der Waals surface area contributed by atoms with Gasteiger partial charge < -0.3 is 9.47 Å². The van der Waals surface area contributed by atoms with Crippen LogP contribution in [0.25, 0.3) is 0 Å². The molecule has 108 valence electrons. The van der Waals surface area contributed by atoms with E-state index in [2.05, 4.69) is 12.2 Å². The summed E-state index contributed by atoms with van der Waals surface area (Å²) in [7, 11) is 0. The lowest BCUT2D eigenvalue weighted by atomic mass is 9.57. The van der Waals surface area contributed by atoms with Crippen LogP contribution in [0.15, 0.2) is 24.0 Å². The van der Waals surface area contributed by atoms with Crippen molar-refractivity contribution < 1.29 is 19.1 Å². The van der Waals surface area contributed by atoms with Crippen molar-refractivity contribution in [2.75, 3.05) is 0 Å². The van der Waals surface area contributed by atoms with Crippen LogP contribution in [-0.2, 0) is 19.1 Å². The summed E-state index contributed by atoms with van der Waals surface area (Å²) in [5.74, 6) is 1.39. The molecule has 0 aromatic heterocycles. The zero-order valence-corrected chi connectivity index (χ0v) is 11.9. The molecule has 0 heterocycles. The van der Waals surface area contributed by atoms with E-state index in [9.17, 15) is 9.59 Å². The van der Waals surface area contributed by atoms with Crippen LogP contribution < -0.4 is 0 Å². The summed E-state index contributed by atoms with van der Waals surface area (Å²) in [5, 5.41) is 0. The third-order valence-corrected chi connectivity index (χ3v) is 4.77. The molecule has 4 atom stereocenters. The molecule has 4 aliphatic carbocycles. The van der Waals surface area contributed by atoms with Gasteiger partial charge in [0.15, 0.2) is 0 Å². The van der Waals surface area contributed by atoms with Gasteiger partial charge >= 0.3 is 11.9 Å². The summed E-state index contributed by atoms with van der Waals surface area (Å²) in [6.07, 6.45) is 9.99. The zero-order chi connectivity index (χ0) is 14.3. The van der Waals surface area contributed by atoms with Gasteiger partial charge in [0.25, 0.3) is 0 Å². The van der Waals surface area contributed by atoms with Crippen LogP contribution in [0.2, 0.25) is 0 Å². The molecule has 4 heteroatoms. The highest BCUT2D eigenvalue weighted by atomic mass is 16.6. The minimum atomic E-state index is -0.531. The van der Waals surface area contributed by atoms with Crippen molar-refractivity contribution in [1.82, 2.24) is 0 Å². The van der Waals surface area contributed by atoms with Gasteiger partial charge in [0.05, 0.1) is 0 Å². The Kier molecular flexibility index (Phi) is 3.19. The van der Waals surface area contributed by atoms with Gasteiger partial charge in [0.2, 0.25) is 0 Å².